The van der Waals surface area contributed by atoms with Crippen molar-refractivity contribution in [2.75, 3.05) is 26.3 Å². The summed E-state index contributed by atoms with van der Waals surface area (Å²) in [5.74, 6) is 1.31. The molecule has 2 heterocycles. The van der Waals surface area contributed by atoms with E-state index in [9.17, 15) is 5.11 Å². The Morgan fingerprint density at radius 2 is 2.07 bits per heavy atom. The van der Waals surface area contributed by atoms with Crippen LogP contribution in [0.5, 0.6) is 0 Å². The molecule has 0 aromatic rings. The molecule has 3 rings (SSSR count). The van der Waals surface area contributed by atoms with Crippen molar-refractivity contribution < 1.29 is 9.84 Å². The summed E-state index contributed by atoms with van der Waals surface area (Å²) in [7, 11) is 0. The number of aliphatic hydroxyl groups excluding tert-OH is 1. The van der Waals surface area contributed by atoms with Crippen molar-refractivity contribution in [2.45, 2.75) is 37.8 Å². The minimum absolute atomic E-state index is 0.0314. The van der Waals surface area contributed by atoms with Crippen LogP contribution in [0.3, 0.4) is 0 Å². The van der Waals surface area contributed by atoms with Gasteiger partial charge in [0.25, 0.3) is 0 Å². The van der Waals surface area contributed by atoms with Crippen molar-refractivity contribution in [3.8, 4) is 0 Å². The molecule has 15 heavy (non-hydrogen) atoms. The predicted octanol–water partition coefficient (Wildman–Crippen LogP) is 0.868. The highest BCUT2D eigenvalue weighted by molar-refractivity contribution is 4.94. The molecule has 1 aliphatic carbocycles. The average molecular weight is 211 g/mol. The van der Waals surface area contributed by atoms with Gasteiger partial charge in [-0.25, -0.2) is 0 Å². The number of hydrogen-bond acceptors (Lipinski definition) is 3. The quantitative estimate of drug-likeness (QED) is 0.698. The lowest BCUT2D eigenvalue weighted by molar-refractivity contribution is 0.0537. The third-order valence-corrected chi connectivity index (χ3v) is 4.51. The van der Waals surface area contributed by atoms with Gasteiger partial charge in [-0.1, -0.05) is 6.42 Å². The van der Waals surface area contributed by atoms with Crippen molar-refractivity contribution in [1.82, 2.24) is 4.90 Å². The van der Waals surface area contributed by atoms with Crippen LogP contribution in [0.15, 0.2) is 0 Å². The van der Waals surface area contributed by atoms with Crippen molar-refractivity contribution in [3.05, 3.63) is 0 Å². The maximum absolute atomic E-state index is 9.98. The van der Waals surface area contributed by atoms with Gasteiger partial charge in [0, 0.05) is 31.7 Å². The fourth-order valence-corrected chi connectivity index (χ4v) is 3.58. The third-order valence-electron chi connectivity index (χ3n) is 4.51. The summed E-state index contributed by atoms with van der Waals surface area (Å²) in [6.45, 7) is 4.16. The lowest BCUT2D eigenvalue weighted by Gasteiger charge is -2.29. The summed E-state index contributed by atoms with van der Waals surface area (Å²) in [5.41, 5.74) is 0. The Morgan fingerprint density at radius 3 is 2.80 bits per heavy atom. The van der Waals surface area contributed by atoms with Gasteiger partial charge in [-0.3, -0.25) is 4.90 Å². The Balaban J connectivity index is 1.65. The van der Waals surface area contributed by atoms with Crippen LogP contribution in [-0.2, 0) is 4.74 Å². The Bertz CT molecular complexity index is 228. The SMILES string of the molecule is O[C@H]1CCC[C@H]2CN([C@@H]3CCOC3)C[C@H]21. The molecule has 3 aliphatic rings. The number of aliphatic hydroxyl groups is 1. The zero-order valence-corrected chi connectivity index (χ0v) is 9.27. The van der Waals surface area contributed by atoms with Crippen molar-refractivity contribution in [3.63, 3.8) is 0 Å². The van der Waals surface area contributed by atoms with Gasteiger partial charge in [-0.15, -0.1) is 0 Å². The van der Waals surface area contributed by atoms with Crippen LogP contribution in [0.4, 0.5) is 0 Å². The Labute approximate surface area is 91.4 Å². The molecule has 2 aliphatic heterocycles. The standard InChI is InChI=1S/C12H21NO2/c14-12-3-1-2-9-6-13(7-11(9)12)10-4-5-15-8-10/h9-12,14H,1-8H2/t9-,10+,11+,12-/m0/s1. The van der Waals surface area contributed by atoms with Gasteiger partial charge >= 0.3 is 0 Å². The normalized spacial score (nSPS) is 47.0. The van der Waals surface area contributed by atoms with Crippen LogP contribution in [0.1, 0.15) is 25.7 Å². The van der Waals surface area contributed by atoms with E-state index in [0.717, 1.165) is 32.1 Å². The highest BCUT2D eigenvalue weighted by Crippen LogP contribution is 2.37. The molecular weight excluding hydrogens is 190 g/mol. The van der Waals surface area contributed by atoms with E-state index in [1.54, 1.807) is 0 Å². The third kappa shape index (κ3) is 1.81. The maximum atomic E-state index is 9.98. The highest BCUT2D eigenvalue weighted by Gasteiger charge is 2.41. The zero-order chi connectivity index (χ0) is 10.3. The van der Waals surface area contributed by atoms with E-state index in [2.05, 4.69) is 4.90 Å². The van der Waals surface area contributed by atoms with E-state index in [1.807, 2.05) is 0 Å². The molecule has 1 N–H and O–H groups in total. The van der Waals surface area contributed by atoms with Crippen LogP contribution < -0.4 is 0 Å². The van der Waals surface area contributed by atoms with Crippen LogP contribution in [0, 0.1) is 11.8 Å². The van der Waals surface area contributed by atoms with Crippen LogP contribution >= 0.6 is 0 Å². The lowest BCUT2D eigenvalue weighted by atomic mass is 9.80. The maximum Gasteiger partial charge on any atom is 0.0622 e. The van der Waals surface area contributed by atoms with Crippen LogP contribution in [0.25, 0.3) is 0 Å². The van der Waals surface area contributed by atoms with E-state index in [0.29, 0.717) is 12.0 Å². The van der Waals surface area contributed by atoms with E-state index < -0.39 is 0 Å². The molecule has 3 nitrogen and oxygen atoms in total. The number of hydrogen-bond donors (Lipinski definition) is 1. The van der Waals surface area contributed by atoms with Gasteiger partial charge in [-0.05, 0) is 25.2 Å². The zero-order valence-electron chi connectivity index (χ0n) is 9.27. The monoisotopic (exact) mass is 211 g/mol. The number of ether oxygens (including phenoxy) is 1. The smallest absolute Gasteiger partial charge is 0.0622 e. The summed E-state index contributed by atoms with van der Waals surface area (Å²) >= 11 is 0. The molecule has 2 saturated heterocycles. The molecule has 1 saturated carbocycles. The highest BCUT2D eigenvalue weighted by atomic mass is 16.5. The number of fused-ring (bicyclic) bond motifs is 1. The van der Waals surface area contributed by atoms with Crippen LogP contribution in [-0.4, -0.2) is 48.5 Å². The van der Waals surface area contributed by atoms with Gasteiger partial charge in [0.15, 0.2) is 0 Å². The second-order valence-electron chi connectivity index (χ2n) is 5.39. The second kappa shape index (κ2) is 4.04. The minimum Gasteiger partial charge on any atom is -0.393 e. The molecule has 0 aromatic carbocycles. The number of likely N-dealkylation sites (tertiary alicyclic amines) is 1. The topological polar surface area (TPSA) is 32.7 Å². The summed E-state index contributed by atoms with van der Waals surface area (Å²) in [5, 5.41) is 9.98. The Morgan fingerprint density at radius 1 is 1.13 bits per heavy atom. The number of rotatable bonds is 1. The summed E-state index contributed by atoms with van der Waals surface area (Å²) in [4.78, 5) is 2.57. The first-order valence-electron chi connectivity index (χ1n) is 6.34. The molecule has 0 spiro atoms. The Kier molecular flexibility index (Phi) is 2.71. The van der Waals surface area contributed by atoms with E-state index in [4.69, 9.17) is 4.74 Å². The first-order chi connectivity index (χ1) is 7.34. The number of nitrogens with zero attached hydrogens (tertiary/aromatic N) is 1. The first kappa shape index (κ1) is 10.1. The molecule has 0 aromatic heterocycles. The van der Waals surface area contributed by atoms with E-state index in [-0.39, 0.29) is 6.10 Å². The van der Waals surface area contributed by atoms with Crippen LogP contribution in [0.2, 0.25) is 0 Å². The molecule has 0 amide bonds. The average Bonchev–Trinajstić information content (AvgIpc) is 2.86. The van der Waals surface area contributed by atoms with E-state index in [1.165, 1.54) is 25.8 Å². The predicted molar refractivity (Wildman–Crippen MR) is 57.6 cm³/mol. The second-order valence-corrected chi connectivity index (χ2v) is 5.39. The lowest BCUT2D eigenvalue weighted by Crippen LogP contribution is -2.35. The molecule has 0 unspecified atom stereocenters. The first-order valence-corrected chi connectivity index (χ1v) is 6.34. The van der Waals surface area contributed by atoms with Crippen molar-refractivity contribution >= 4 is 0 Å². The fourth-order valence-electron chi connectivity index (χ4n) is 3.58. The molecule has 0 bridgehead atoms. The molecule has 0 radical (unpaired) electrons. The van der Waals surface area contributed by atoms with Gasteiger partial charge in [0.1, 0.15) is 0 Å². The van der Waals surface area contributed by atoms with E-state index >= 15 is 0 Å². The molecule has 3 fully saturated rings. The van der Waals surface area contributed by atoms with Crippen molar-refractivity contribution in [1.29, 1.82) is 0 Å². The molecule has 3 heteroatoms. The largest absolute Gasteiger partial charge is 0.393 e. The van der Waals surface area contributed by atoms with Gasteiger partial charge in [0.2, 0.25) is 0 Å². The van der Waals surface area contributed by atoms with Gasteiger partial charge < -0.3 is 9.84 Å². The summed E-state index contributed by atoms with van der Waals surface area (Å²) < 4.78 is 5.45. The molecule has 86 valence electrons. The summed E-state index contributed by atoms with van der Waals surface area (Å²) in [6, 6.07) is 0.641. The van der Waals surface area contributed by atoms with Gasteiger partial charge in [0.05, 0.1) is 12.7 Å². The minimum atomic E-state index is -0.0314. The Hall–Kier alpha value is -0.120. The molecular formula is C12H21NO2. The van der Waals surface area contributed by atoms with Crippen molar-refractivity contribution in [2.24, 2.45) is 11.8 Å². The summed E-state index contributed by atoms with van der Waals surface area (Å²) in [6.07, 6.45) is 4.73. The molecule has 4 atom stereocenters. The van der Waals surface area contributed by atoms with Gasteiger partial charge in [-0.2, -0.15) is 0 Å². The fraction of sp³-hybridized carbons (Fsp3) is 1.00.